The zero-order valence-corrected chi connectivity index (χ0v) is 10.4. The number of nitrogen functional groups attached to an aromatic ring is 1. The maximum absolute atomic E-state index is 11.6. The molecular weight excluding hydrogens is 248 g/mol. The Morgan fingerprint density at radius 3 is 3.00 bits per heavy atom. The summed E-state index contributed by atoms with van der Waals surface area (Å²) >= 11 is 0. The quantitative estimate of drug-likeness (QED) is 0.784. The summed E-state index contributed by atoms with van der Waals surface area (Å²) in [6.07, 6.45) is 4.89. The predicted octanol–water partition coefficient (Wildman–Crippen LogP) is -0.0505. The van der Waals surface area contributed by atoms with E-state index in [0.717, 1.165) is 5.56 Å². The molecule has 0 saturated carbocycles. The fourth-order valence-corrected chi connectivity index (χ4v) is 2.64. The number of carboxylic acid groups (broad SMARTS) is 1. The lowest BCUT2D eigenvalue weighted by molar-refractivity contribution is -0.142. The molecule has 0 saturated heterocycles. The summed E-state index contributed by atoms with van der Waals surface area (Å²) in [6.45, 7) is 0. The van der Waals surface area contributed by atoms with Crippen LogP contribution in [-0.4, -0.2) is 35.6 Å². The highest BCUT2D eigenvalue weighted by Crippen LogP contribution is 2.37. The molecule has 100 valence electrons. The van der Waals surface area contributed by atoms with Crippen LogP contribution in [0.25, 0.3) is 0 Å². The van der Waals surface area contributed by atoms with E-state index in [1.54, 1.807) is 17.9 Å². The molecule has 0 aromatic carbocycles. The number of aliphatic carboxylic acids is 1. The average molecular weight is 262 g/mol. The largest absolute Gasteiger partial charge is 0.480 e. The Bertz CT molecular complexity index is 631. The number of aryl methyl sites for hydroxylation is 2. The van der Waals surface area contributed by atoms with Crippen LogP contribution in [0.3, 0.4) is 0 Å². The second-order valence-corrected chi connectivity index (χ2v) is 4.71. The Morgan fingerprint density at radius 2 is 2.37 bits per heavy atom. The first-order valence-corrected chi connectivity index (χ1v) is 5.98. The molecule has 0 bridgehead atoms. The number of hydrogen-bond donors (Lipinski definition) is 2. The van der Waals surface area contributed by atoms with Crippen LogP contribution >= 0.6 is 0 Å². The van der Waals surface area contributed by atoms with Gasteiger partial charge in [0, 0.05) is 25.6 Å². The number of nitrogens with two attached hydrogens (primary N) is 1. The summed E-state index contributed by atoms with van der Waals surface area (Å²) in [5.74, 6) is -0.349. The highest BCUT2D eigenvalue weighted by Gasteiger charge is 2.38. The van der Waals surface area contributed by atoms with Gasteiger partial charge in [0.25, 0.3) is 0 Å². The maximum atomic E-state index is 11.6. The van der Waals surface area contributed by atoms with Gasteiger partial charge in [-0.2, -0.15) is 10.1 Å². The van der Waals surface area contributed by atoms with E-state index in [1.165, 1.54) is 4.68 Å². The first-order chi connectivity index (χ1) is 9.06. The maximum Gasteiger partial charge on any atom is 0.329 e. The number of anilines is 1. The van der Waals surface area contributed by atoms with Gasteiger partial charge in [-0.15, -0.1) is 5.10 Å². The van der Waals surface area contributed by atoms with Crippen LogP contribution in [0.5, 0.6) is 0 Å². The monoisotopic (exact) mass is 262 g/mol. The van der Waals surface area contributed by atoms with Gasteiger partial charge in [-0.05, 0) is 12.0 Å². The Kier molecular flexibility index (Phi) is 2.51. The molecule has 8 nitrogen and oxygen atoms in total. The highest BCUT2D eigenvalue weighted by molar-refractivity contribution is 5.73. The minimum absolute atomic E-state index is 0.119. The molecular formula is C11H14N6O2. The van der Waals surface area contributed by atoms with Gasteiger partial charge in [-0.3, -0.25) is 4.68 Å². The van der Waals surface area contributed by atoms with Crippen LogP contribution < -0.4 is 5.73 Å². The smallest absolute Gasteiger partial charge is 0.329 e. The van der Waals surface area contributed by atoms with Crippen molar-refractivity contribution in [2.24, 2.45) is 7.05 Å². The number of nitrogens with zero attached hydrogens (tertiary/aromatic N) is 5. The van der Waals surface area contributed by atoms with E-state index in [4.69, 9.17) is 5.73 Å². The molecule has 19 heavy (non-hydrogen) atoms. The Labute approximate surface area is 108 Å². The number of rotatable bonds is 2. The van der Waals surface area contributed by atoms with E-state index in [2.05, 4.69) is 15.2 Å². The van der Waals surface area contributed by atoms with Gasteiger partial charge in [-0.25, -0.2) is 9.48 Å². The van der Waals surface area contributed by atoms with Gasteiger partial charge in [0.15, 0.2) is 6.04 Å². The lowest BCUT2D eigenvalue weighted by Gasteiger charge is -2.28. The topological polar surface area (TPSA) is 112 Å². The Balaban J connectivity index is 2.05. The SMILES string of the molecule is Cn1cc(C2CCc3nc(N)nn3C2C(=O)O)cn1. The number of carboxylic acids is 1. The average Bonchev–Trinajstić information content (AvgIpc) is 2.92. The molecule has 2 atom stereocenters. The van der Waals surface area contributed by atoms with Crippen molar-refractivity contribution in [1.82, 2.24) is 24.5 Å². The number of fused-ring (bicyclic) bond motifs is 1. The first kappa shape index (κ1) is 11.7. The molecule has 8 heteroatoms. The minimum Gasteiger partial charge on any atom is -0.480 e. The van der Waals surface area contributed by atoms with Crippen molar-refractivity contribution < 1.29 is 9.90 Å². The third kappa shape index (κ3) is 1.85. The zero-order chi connectivity index (χ0) is 13.6. The van der Waals surface area contributed by atoms with E-state index >= 15 is 0 Å². The number of aromatic nitrogens is 5. The number of hydrogen-bond acceptors (Lipinski definition) is 5. The van der Waals surface area contributed by atoms with E-state index in [-0.39, 0.29) is 11.9 Å². The molecule has 0 amide bonds. The van der Waals surface area contributed by atoms with Gasteiger partial charge in [0.05, 0.1) is 6.20 Å². The standard InChI is InChI=1S/C11H14N6O2/c1-16-5-6(4-13-16)7-2-3-8-14-11(12)15-17(8)9(7)10(18)19/h4-5,7,9H,2-3H2,1H3,(H2,12,15)(H,18,19). The molecule has 1 aliphatic rings. The summed E-state index contributed by atoms with van der Waals surface area (Å²) < 4.78 is 3.10. The molecule has 3 rings (SSSR count). The lowest BCUT2D eigenvalue weighted by Crippen LogP contribution is -2.32. The summed E-state index contributed by atoms with van der Waals surface area (Å²) in [5.41, 5.74) is 6.45. The molecule has 2 aromatic rings. The first-order valence-electron chi connectivity index (χ1n) is 5.98. The molecule has 0 aliphatic carbocycles. The van der Waals surface area contributed by atoms with Gasteiger partial charge in [0.1, 0.15) is 5.82 Å². The van der Waals surface area contributed by atoms with Crippen LogP contribution in [0.1, 0.15) is 29.8 Å². The van der Waals surface area contributed by atoms with Crippen molar-refractivity contribution in [1.29, 1.82) is 0 Å². The summed E-state index contributed by atoms with van der Waals surface area (Å²) in [4.78, 5) is 15.6. The summed E-state index contributed by atoms with van der Waals surface area (Å²) in [5, 5.41) is 17.6. The summed E-state index contributed by atoms with van der Waals surface area (Å²) in [7, 11) is 1.81. The summed E-state index contributed by atoms with van der Waals surface area (Å²) in [6, 6.07) is -0.780. The molecule has 2 aromatic heterocycles. The van der Waals surface area contributed by atoms with Gasteiger partial charge < -0.3 is 10.8 Å². The van der Waals surface area contributed by atoms with Crippen molar-refractivity contribution in [3.8, 4) is 0 Å². The molecule has 3 heterocycles. The van der Waals surface area contributed by atoms with Crippen LogP contribution in [0.2, 0.25) is 0 Å². The third-order valence-electron chi connectivity index (χ3n) is 3.45. The molecule has 0 fully saturated rings. The van der Waals surface area contributed by atoms with Crippen molar-refractivity contribution >= 4 is 11.9 Å². The number of carbonyl (C=O) groups is 1. The van der Waals surface area contributed by atoms with Crippen LogP contribution in [0.4, 0.5) is 5.95 Å². The minimum atomic E-state index is -0.931. The van der Waals surface area contributed by atoms with E-state index < -0.39 is 12.0 Å². The Hall–Kier alpha value is -2.38. The molecule has 0 radical (unpaired) electrons. The molecule has 1 aliphatic heterocycles. The van der Waals surface area contributed by atoms with Gasteiger partial charge in [-0.1, -0.05) is 0 Å². The Morgan fingerprint density at radius 1 is 1.58 bits per heavy atom. The van der Waals surface area contributed by atoms with Gasteiger partial charge in [0.2, 0.25) is 5.95 Å². The van der Waals surface area contributed by atoms with Crippen molar-refractivity contribution in [3.63, 3.8) is 0 Å². The normalized spacial score (nSPS) is 22.2. The predicted molar refractivity (Wildman–Crippen MR) is 65.4 cm³/mol. The van der Waals surface area contributed by atoms with Crippen molar-refractivity contribution in [2.45, 2.75) is 24.8 Å². The highest BCUT2D eigenvalue weighted by atomic mass is 16.4. The molecule has 3 N–H and O–H groups in total. The van der Waals surface area contributed by atoms with E-state index in [9.17, 15) is 9.90 Å². The second-order valence-electron chi connectivity index (χ2n) is 4.71. The fourth-order valence-electron chi connectivity index (χ4n) is 2.64. The molecule has 2 unspecified atom stereocenters. The van der Waals surface area contributed by atoms with Gasteiger partial charge >= 0.3 is 5.97 Å². The second kappa shape index (κ2) is 4.08. The fraction of sp³-hybridized carbons (Fsp3) is 0.455. The van der Waals surface area contributed by atoms with Crippen molar-refractivity contribution in [2.75, 3.05) is 5.73 Å². The van der Waals surface area contributed by atoms with Crippen LogP contribution in [0, 0.1) is 0 Å². The zero-order valence-electron chi connectivity index (χ0n) is 10.4. The molecule has 0 spiro atoms. The van der Waals surface area contributed by atoms with Crippen LogP contribution in [-0.2, 0) is 18.3 Å². The third-order valence-corrected chi connectivity index (χ3v) is 3.45. The van der Waals surface area contributed by atoms with E-state index in [1.807, 2.05) is 6.20 Å². The lowest BCUT2D eigenvalue weighted by atomic mass is 9.86. The van der Waals surface area contributed by atoms with Crippen LogP contribution in [0.15, 0.2) is 12.4 Å². The van der Waals surface area contributed by atoms with E-state index in [0.29, 0.717) is 18.7 Å². The van der Waals surface area contributed by atoms with Crippen molar-refractivity contribution in [3.05, 3.63) is 23.8 Å².